The van der Waals surface area contributed by atoms with Gasteiger partial charge in [0, 0.05) is 43.8 Å². The van der Waals surface area contributed by atoms with Gasteiger partial charge in [0.25, 0.3) is 0 Å². The number of nitrogens with zero attached hydrogens (tertiary/aromatic N) is 2. The van der Waals surface area contributed by atoms with Crippen molar-refractivity contribution in [2.45, 2.75) is 12.6 Å². The van der Waals surface area contributed by atoms with E-state index in [0.29, 0.717) is 43.6 Å². The van der Waals surface area contributed by atoms with Crippen LogP contribution in [0.4, 0.5) is 28.0 Å². The maximum absolute atomic E-state index is 13.8. The van der Waals surface area contributed by atoms with E-state index in [9.17, 15) is 22.4 Å². The number of carbonyl (C=O) groups excluding carboxylic acids is 1. The van der Waals surface area contributed by atoms with Gasteiger partial charge in [-0.1, -0.05) is 15.9 Å². The third-order valence-corrected chi connectivity index (χ3v) is 4.35. The number of nitrogens with one attached hydrogen (secondary N) is 1. The molecular formula is C16H20BrF4N3O2. The Hall–Kier alpha value is -1.39. The predicted octanol–water partition coefficient (Wildman–Crippen LogP) is 3.71. The van der Waals surface area contributed by atoms with Crippen LogP contribution >= 0.6 is 15.9 Å². The zero-order valence-electron chi connectivity index (χ0n) is 14.0. The summed E-state index contributed by atoms with van der Waals surface area (Å²) in [6.07, 6.45) is -3.81. The molecule has 1 heterocycles. The van der Waals surface area contributed by atoms with Crippen LogP contribution in [0.2, 0.25) is 0 Å². The lowest BCUT2D eigenvalue weighted by Gasteiger charge is -2.34. The second-order valence-corrected chi connectivity index (χ2v) is 6.82. The van der Waals surface area contributed by atoms with Crippen molar-refractivity contribution in [3.8, 4) is 0 Å². The molecule has 1 saturated heterocycles. The van der Waals surface area contributed by atoms with Gasteiger partial charge in [0.05, 0.1) is 5.69 Å². The van der Waals surface area contributed by atoms with E-state index in [0.717, 1.165) is 0 Å². The van der Waals surface area contributed by atoms with Crippen LogP contribution in [0.3, 0.4) is 0 Å². The van der Waals surface area contributed by atoms with Gasteiger partial charge in [0.15, 0.2) is 0 Å². The number of hydrogen-bond donors (Lipinski definition) is 1. The first kappa shape index (κ1) is 20.9. The van der Waals surface area contributed by atoms with Crippen molar-refractivity contribution in [3.05, 3.63) is 28.5 Å². The predicted molar refractivity (Wildman–Crippen MR) is 92.6 cm³/mol. The summed E-state index contributed by atoms with van der Waals surface area (Å²) in [5.74, 6) is -0.523. The van der Waals surface area contributed by atoms with Crippen LogP contribution in [0, 0.1) is 5.82 Å². The summed E-state index contributed by atoms with van der Waals surface area (Å²) in [6, 6.07) is 4.01. The number of rotatable bonds is 6. The number of urea groups is 1. The Balaban J connectivity index is 1.67. The van der Waals surface area contributed by atoms with Gasteiger partial charge in [0.1, 0.15) is 12.4 Å². The van der Waals surface area contributed by atoms with E-state index in [2.05, 4.69) is 30.9 Å². The van der Waals surface area contributed by atoms with Crippen molar-refractivity contribution in [3.63, 3.8) is 0 Å². The molecule has 0 radical (unpaired) electrons. The molecule has 10 heteroatoms. The highest BCUT2D eigenvalue weighted by molar-refractivity contribution is 9.10. The van der Waals surface area contributed by atoms with Crippen LogP contribution in [-0.2, 0) is 4.74 Å². The smallest absolute Gasteiger partial charge is 0.372 e. The van der Waals surface area contributed by atoms with Crippen molar-refractivity contribution in [1.82, 2.24) is 9.80 Å². The Morgan fingerprint density at radius 2 is 1.92 bits per heavy atom. The van der Waals surface area contributed by atoms with Gasteiger partial charge in [-0.3, -0.25) is 4.90 Å². The largest absolute Gasteiger partial charge is 0.411 e. The molecule has 1 aromatic carbocycles. The summed E-state index contributed by atoms with van der Waals surface area (Å²) in [6.45, 7) is 1.57. The minimum Gasteiger partial charge on any atom is -0.372 e. The highest BCUT2D eigenvalue weighted by atomic mass is 79.9. The number of carbonyl (C=O) groups is 1. The molecule has 0 aliphatic carbocycles. The minimum atomic E-state index is -4.30. The Kier molecular flexibility index (Phi) is 7.66. The minimum absolute atomic E-state index is 0.0447. The lowest BCUT2D eigenvalue weighted by atomic mass is 10.3. The number of halogens is 5. The average Bonchev–Trinajstić information content (AvgIpc) is 2.56. The molecule has 0 saturated carbocycles. The van der Waals surface area contributed by atoms with E-state index >= 15 is 0 Å². The van der Waals surface area contributed by atoms with Crippen LogP contribution in [0.25, 0.3) is 0 Å². The van der Waals surface area contributed by atoms with E-state index in [-0.39, 0.29) is 18.3 Å². The standard InChI is InChI=1S/C16H20BrF4N3O2/c17-12-2-3-14(13(18)10-12)22-15(25)24-7-5-23(6-8-24)4-1-9-26-11-16(19,20)21/h2-3,10H,1,4-9,11H2,(H,22,25). The van der Waals surface area contributed by atoms with Gasteiger partial charge in [-0.2, -0.15) is 13.2 Å². The third-order valence-electron chi connectivity index (χ3n) is 3.86. The monoisotopic (exact) mass is 441 g/mol. The van der Waals surface area contributed by atoms with E-state index in [1.54, 1.807) is 11.0 Å². The van der Waals surface area contributed by atoms with Crippen molar-refractivity contribution in [2.75, 3.05) is 51.3 Å². The molecule has 0 bridgehead atoms. The summed E-state index contributed by atoms with van der Waals surface area (Å²) in [4.78, 5) is 15.8. The number of alkyl halides is 3. The van der Waals surface area contributed by atoms with E-state index < -0.39 is 18.6 Å². The highest BCUT2D eigenvalue weighted by Gasteiger charge is 2.27. The van der Waals surface area contributed by atoms with Crippen LogP contribution < -0.4 is 5.32 Å². The first-order valence-electron chi connectivity index (χ1n) is 8.12. The Morgan fingerprint density at radius 3 is 2.54 bits per heavy atom. The summed E-state index contributed by atoms with van der Waals surface area (Å²) in [5.41, 5.74) is 0.113. The van der Waals surface area contributed by atoms with Gasteiger partial charge in [-0.15, -0.1) is 0 Å². The summed E-state index contributed by atoms with van der Waals surface area (Å²) >= 11 is 3.15. The number of piperazine rings is 1. The molecule has 0 spiro atoms. The molecule has 146 valence electrons. The summed E-state index contributed by atoms with van der Waals surface area (Å²) in [7, 11) is 0. The molecule has 0 aromatic heterocycles. The number of anilines is 1. The van der Waals surface area contributed by atoms with E-state index in [1.165, 1.54) is 12.1 Å². The summed E-state index contributed by atoms with van der Waals surface area (Å²) < 4.78 is 54.8. The molecular weight excluding hydrogens is 422 g/mol. The number of amides is 2. The fourth-order valence-corrected chi connectivity index (χ4v) is 2.87. The average molecular weight is 442 g/mol. The zero-order chi connectivity index (χ0) is 19.2. The van der Waals surface area contributed by atoms with Crippen LogP contribution in [-0.4, -0.2) is 67.9 Å². The molecule has 1 fully saturated rings. The maximum Gasteiger partial charge on any atom is 0.411 e. The molecule has 1 aliphatic rings. The molecule has 2 rings (SSSR count). The molecule has 1 N–H and O–H groups in total. The van der Waals surface area contributed by atoms with Crippen LogP contribution in [0.1, 0.15) is 6.42 Å². The normalized spacial score (nSPS) is 16.0. The van der Waals surface area contributed by atoms with E-state index in [4.69, 9.17) is 0 Å². The van der Waals surface area contributed by atoms with Crippen molar-refractivity contribution >= 4 is 27.6 Å². The van der Waals surface area contributed by atoms with Crippen LogP contribution in [0.15, 0.2) is 22.7 Å². The lowest BCUT2D eigenvalue weighted by Crippen LogP contribution is -2.50. The first-order valence-corrected chi connectivity index (χ1v) is 8.92. The van der Waals surface area contributed by atoms with Gasteiger partial charge >= 0.3 is 12.2 Å². The molecule has 0 atom stereocenters. The maximum atomic E-state index is 13.8. The molecule has 26 heavy (non-hydrogen) atoms. The zero-order valence-corrected chi connectivity index (χ0v) is 15.6. The van der Waals surface area contributed by atoms with Gasteiger partial charge in [-0.25, -0.2) is 9.18 Å². The molecule has 1 aliphatic heterocycles. The molecule has 2 amide bonds. The van der Waals surface area contributed by atoms with Gasteiger partial charge < -0.3 is 15.0 Å². The lowest BCUT2D eigenvalue weighted by molar-refractivity contribution is -0.174. The van der Waals surface area contributed by atoms with E-state index in [1.807, 2.05) is 0 Å². The van der Waals surface area contributed by atoms with Crippen molar-refractivity contribution in [2.24, 2.45) is 0 Å². The molecule has 5 nitrogen and oxygen atoms in total. The number of benzene rings is 1. The Labute approximate surface area is 157 Å². The highest BCUT2D eigenvalue weighted by Crippen LogP contribution is 2.20. The SMILES string of the molecule is O=C(Nc1ccc(Br)cc1F)N1CCN(CCCOCC(F)(F)F)CC1. The second kappa shape index (κ2) is 9.52. The number of hydrogen-bond acceptors (Lipinski definition) is 3. The number of ether oxygens (including phenoxy) is 1. The fraction of sp³-hybridized carbons (Fsp3) is 0.562. The molecule has 0 unspecified atom stereocenters. The van der Waals surface area contributed by atoms with Gasteiger partial charge in [0.2, 0.25) is 0 Å². The molecule has 1 aromatic rings. The van der Waals surface area contributed by atoms with Crippen molar-refractivity contribution in [1.29, 1.82) is 0 Å². The summed E-state index contributed by atoms with van der Waals surface area (Å²) in [5, 5.41) is 2.54. The third kappa shape index (κ3) is 7.08. The first-order chi connectivity index (χ1) is 12.2. The Morgan fingerprint density at radius 1 is 1.23 bits per heavy atom. The fourth-order valence-electron chi connectivity index (χ4n) is 2.54. The Bertz CT molecular complexity index is 608. The quantitative estimate of drug-likeness (QED) is 0.540. The van der Waals surface area contributed by atoms with Gasteiger partial charge in [-0.05, 0) is 24.6 Å². The van der Waals surface area contributed by atoms with Crippen LogP contribution in [0.5, 0.6) is 0 Å². The second-order valence-electron chi connectivity index (χ2n) is 5.90. The van der Waals surface area contributed by atoms with Crippen molar-refractivity contribution < 1.29 is 27.1 Å². The topological polar surface area (TPSA) is 44.8 Å².